The zero-order valence-corrected chi connectivity index (χ0v) is 30.9. The van der Waals surface area contributed by atoms with Gasteiger partial charge in [0.05, 0.1) is 56.5 Å². The van der Waals surface area contributed by atoms with E-state index in [-0.39, 0.29) is 39.7 Å². The molecule has 3 aliphatic carbocycles. The molecular formula is C40H44F3N7O3. The first-order valence-corrected chi connectivity index (χ1v) is 18.0. The Morgan fingerprint density at radius 1 is 0.830 bits per heavy atom. The van der Waals surface area contributed by atoms with Gasteiger partial charge in [-0.05, 0) is 61.8 Å². The second kappa shape index (κ2) is 14.0. The largest absolute Gasteiger partial charge is 0.382 e. The molecule has 0 spiro atoms. The van der Waals surface area contributed by atoms with Crippen molar-refractivity contribution in [3.63, 3.8) is 0 Å². The van der Waals surface area contributed by atoms with E-state index in [2.05, 4.69) is 29.4 Å². The number of anilines is 1. The van der Waals surface area contributed by atoms with E-state index in [9.17, 15) is 27.6 Å². The summed E-state index contributed by atoms with van der Waals surface area (Å²) in [6.45, 7) is 11.9. The smallest absolute Gasteiger partial charge is 0.253 e. The fraction of sp³-hybridized carbons (Fsp3) is 0.450. The molecule has 2 heterocycles. The van der Waals surface area contributed by atoms with Crippen molar-refractivity contribution in [2.45, 2.75) is 105 Å². The lowest BCUT2D eigenvalue weighted by atomic mass is 9.75. The summed E-state index contributed by atoms with van der Waals surface area (Å²) in [5.41, 5.74) is 9.43. The summed E-state index contributed by atoms with van der Waals surface area (Å²) < 4.78 is 46.0. The van der Waals surface area contributed by atoms with Crippen LogP contribution in [0.2, 0.25) is 0 Å². The molecule has 4 aromatic rings. The Morgan fingerprint density at radius 3 is 1.68 bits per heavy atom. The Balaban J connectivity index is 0.000000185. The van der Waals surface area contributed by atoms with Gasteiger partial charge in [0.25, 0.3) is 5.91 Å². The van der Waals surface area contributed by atoms with Gasteiger partial charge in [-0.25, -0.2) is 22.5 Å². The summed E-state index contributed by atoms with van der Waals surface area (Å²) in [6, 6.07) is 6.89. The van der Waals surface area contributed by atoms with Crippen LogP contribution in [-0.4, -0.2) is 43.1 Å². The monoisotopic (exact) mass is 727 g/mol. The van der Waals surface area contributed by atoms with Crippen LogP contribution in [0.25, 0.3) is 11.4 Å². The fourth-order valence-electron chi connectivity index (χ4n) is 7.62. The van der Waals surface area contributed by atoms with Gasteiger partial charge in [0.15, 0.2) is 11.6 Å². The van der Waals surface area contributed by atoms with E-state index in [0.717, 1.165) is 42.8 Å². The Labute approximate surface area is 306 Å². The number of fused-ring (bicyclic) bond motifs is 2. The first kappa shape index (κ1) is 37.5. The molecule has 0 aliphatic heterocycles. The molecular weight excluding hydrogens is 683 g/mol. The minimum atomic E-state index is -0.934. The number of halogens is 3. The minimum Gasteiger partial charge on any atom is -0.382 e. The molecule has 0 atom stereocenters. The standard InChI is InChI=1S/C22H27FN4O2.C18H17F2N3O/c1-4-15-20-17(10-22(2,3)11-18(20)28)27(26-15)13-8-14(23)19(21(24)29)16(9-13)25-12-6-5-7-12;1-4-14-17-15(7-18(2,3)8-16(17)24)23(22-14)10-5-12(19)11(9-21)13(20)6-10/h8-9,12,25H,4-7,10-11H2,1-3H3,(H2,24,29);5-6H,4,7-8H2,1-3H3. The van der Waals surface area contributed by atoms with Crippen LogP contribution in [0.3, 0.4) is 0 Å². The molecule has 7 rings (SSSR count). The topological polar surface area (TPSA) is 149 Å². The maximum atomic E-state index is 14.9. The number of nitrogens with zero attached hydrogens (tertiary/aromatic N) is 5. The summed E-state index contributed by atoms with van der Waals surface area (Å²) in [5, 5.41) is 21.1. The molecule has 53 heavy (non-hydrogen) atoms. The summed E-state index contributed by atoms with van der Waals surface area (Å²) >= 11 is 0. The van der Waals surface area contributed by atoms with Crippen LogP contribution in [0.4, 0.5) is 18.9 Å². The van der Waals surface area contributed by atoms with Gasteiger partial charge in [0.2, 0.25) is 0 Å². The van der Waals surface area contributed by atoms with Gasteiger partial charge < -0.3 is 11.1 Å². The lowest BCUT2D eigenvalue weighted by molar-refractivity contribution is 0.0900. The molecule has 0 bridgehead atoms. The predicted octanol–water partition coefficient (Wildman–Crippen LogP) is 7.53. The number of hydrogen-bond donors (Lipinski definition) is 2. The molecule has 1 amide bonds. The first-order valence-electron chi connectivity index (χ1n) is 18.0. The fourth-order valence-corrected chi connectivity index (χ4v) is 7.62. The highest BCUT2D eigenvalue weighted by Gasteiger charge is 2.38. The molecule has 0 unspecified atom stereocenters. The molecule has 10 nitrogen and oxygen atoms in total. The third-order valence-corrected chi connectivity index (χ3v) is 10.3. The van der Waals surface area contributed by atoms with Gasteiger partial charge >= 0.3 is 0 Å². The summed E-state index contributed by atoms with van der Waals surface area (Å²) in [6.07, 6.45) is 6.40. The zero-order chi connectivity index (χ0) is 38.6. The van der Waals surface area contributed by atoms with Crippen molar-refractivity contribution < 1.29 is 27.6 Å². The van der Waals surface area contributed by atoms with Gasteiger partial charge in [-0.15, -0.1) is 0 Å². The Hall–Kier alpha value is -5.25. The van der Waals surface area contributed by atoms with Crippen molar-refractivity contribution >= 4 is 23.2 Å². The number of benzene rings is 2. The highest BCUT2D eigenvalue weighted by Crippen LogP contribution is 2.39. The van der Waals surface area contributed by atoms with Crippen LogP contribution in [0.1, 0.15) is 133 Å². The number of primary amides is 1. The average Bonchev–Trinajstić information content (AvgIpc) is 3.59. The molecule has 1 fully saturated rings. The lowest BCUT2D eigenvalue weighted by Crippen LogP contribution is -2.29. The van der Waals surface area contributed by atoms with Crippen LogP contribution < -0.4 is 11.1 Å². The van der Waals surface area contributed by atoms with E-state index in [4.69, 9.17) is 11.0 Å². The number of Topliss-reactive ketones (excluding diaryl/α,β-unsaturated/α-hetero) is 2. The van der Waals surface area contributed by atoms with E-state index >= 15 is 0 Å². The number of ketones is 2. The van der Waals surface area contributed by atoms with Crippen LogP contribution >= 0.6 is 0 Å². The van der Waals surface area contributed by atoms with E-state index in [1.165, 1.54) is 16.8 Å². The molecule has 2 aromatic carbocycles. The highest BCUT2D eigenvalue weighted by atomic mass is 19.1. The number of hydrogen-bond acceptors (Lipinski definition) is 7. The number of aryl methyl sites for hydroxylation is 2. The van der Waals surface area contributed by atoms with E-state index in [1.807, 2.05) is 27.7 Å². The first-order chi connectivity index (χ1) is 25.0. The SMILES string of the molecule is CCc1nn(-c2cc(F)c(C#N)c(F)c2)c2c1C(=O)CC(C)(C)C2.CCc1nn(-c2cc(F)c(C(N)=O)c(NC3CCC3)c2)c2c1C(=O)CC(C)(C)C2. The maximum Gasteiger partial charge on any atom is 0.253 e. The second-order valence-electron chi connectivity index (χ2n) is 15.8. The van der Waals surface area contributed by atoms with Crippen molar-refractivity contribution in [2.75, 3.05) is 5.32 Å². The second-order valence-corrected chi connectivity index (χ2v) is 15.8. The van der Waals surface area contributed by atoms with Crippen molar-refractivity contribution in [1.82, 2.24) is 19.6 Å². The van der Waals surface area contributed by atoms with Crippen molar-refractivity contribution in [3.8, 4) is 17.4 Å². The number of carbonyl (C=O) groups is 3. The highest BCUT2D eigenvalue weighted by molar-refractivity contribution is 6.01. The van der Waals surface area contributed by atoms with Crippen molar-refractivity contribution in [3.05, 3.63) is 86.7 Å². The minimum absolute atomic E-state index is 0.0129. The Kier molecular flexibility index (Phi) is 9.87. The van der Waals surface area contributed by atoms with Crippen LogP contribution in [0, 0.1) is 39.6 Å². The zero-order valence-electron chi connectivity index (χ0n) is 30.9. The number of rotatable bonds is 7. The number of nitrogens with two attached hydrogens (primary N) is 1. The lowest BCUT2D eigenvalue weighted by Gasteiger charge is -2.30. The number of nitriles is 1. The summed E-state index contributed by atoms with van der Waals surface area (Å²) in [5.74, 6) is -3.25. The average molecular weight is 728 g/mol. The molecule has 3 aliphatic rings. The van der Waals surface area contributed by atoms with Gasteiger partial charge in [0, 0.05) is 37.1 Å². The van der Waals surface area contributed by atoms with Crippen LogP contribution in [0.5, 0.6) is 0 Å². The molecule has 13 heteroatoms. The molecule has 278 valence electrons. The van der Waals surface area contributed by atoms with Crippen LogP contribution in [-0.2, 0) is 25.7 Å². The van der Waals surface area contributed by atoms with E-state index in [1.54, 1.807) is 10.7 Å². The molecule has 2 aromatic heterocycles. The molecule has 3 N–H and O–H groups in total. The van der Waals surface area contributed by atoms with Gasteiger partial charge in [-0.3, -0.25) is 14.4 Å². The number of amides is 1. The van der Waals surface area contributed by atoms with E-state index in [0.29, 0.717) is 72.4 Å². The Bertz CT molecular complexity index is 2180. The molecule has 0 radical (unpaired) electrons. The van der Waals surface area contributed by atoms with Gasteiger partial charge in [0.1, 0.15) is 29.1 Å². The number of nitrogens with one attached hydrogen (secondary N) is 1. The number of aromatic nitrogens is 4. The quantitative estimate of drug-likeness (QED) is 0.200. The predicted molar refractivity (Wildman–Crippen MR) is 193 cm³/mol. The molecule has 1 saturated carbocycles. The molecule has 0 saturated heterocycles. The van der Waals surface area contributed by atoms with Crippen molar-refractivity contribution in [1.29, 1.82) is 5.26 Å². The van der Waals surface area contributed by atoms with Crippen LogP contribution in [0.15, 0.2) is 24.3 Å². The summed E-state index contributed by atoms with van der Waals surface area (Å²) in [4.78, 5) is 37.2. The normalized spacial score (nSPS) is 17.2. The maximum absolute atomic E-state index is 14.9. The van der Waals surface area contributed by atoms with Gasteiger partial charge in [-0.2, -0.15) is 15.5 Å². The third kappa shape index (κ3) is 7.11. The number of carbonyl (C=O) groups excluding carboxylic acids is 3. The van der Waals surface area contributed by atoms with Crippen molar-refractivity contribution in [2.24, 2.45) is 16.6 Å². The Morgan fingerprint density at radius 2 is 1.28 bits per heavy atom. The third-order valence-electron chi connectivity index (χ3n) is 10.3. The van der Waals surface area contributed by atoms with E-state index < -0.39 is 28.9 Å². The summed E-state index contributed by atoms with van der Waals surface area (Å²) in [7, 11) is 0. The van der Waals surface area contributed by atoms with Gasteiger partial charge in [-0.1, -0.05) is 41.5 Å².